The molecule has 1 heterocycles. The molecule has 0 spiro atoms. The molecule has 27 heavy (non-hydrogen) atoms. The Morgan fingerprint density at radius 3 is 2.37 bits per heavy atom. The minimum atomic E-state index is -0.340. The van der Waals surface area contributed by atoms with E-state index in [1.54, 1.807) is 25.3 Å². The molecule has 2 aromatic carbocycles. The molecule has 0 amide bonds. The average molecular weight is 363 g/mol. The summed E-state index contributed by atoms with van der Waals surface area (Å²) in [6.07, 6.45) is 0. The number of methoxy groups -OCH3 is 2. The van der Waals surface area contributed by atoms with Crippen molar-refractivity contribution < 1.29 is 13.9 Å². The molecule has 0 unspecified atom stereocenters. The van der Waals surface area contributed by atoms with Gasteiger partial charge in [0.25, 0.3) is 0 Å². The first-order chi connectivity index (χ1) is 13.0. The highest BCUT2D eigenvalue weighted by atomic mass is 19.1. The van der Waals surface area contributed by atoms with Gasteiger partial charge in [0.05, 0.1) is 19.9 Å². The second-order valence-electron chi connectivity index (χ2n) is 5.88. The van der Waals surface area contributed by atoms with Gasteiger partial charge in [0.2, 0.25) is 0 Å². The summed E-state index contributed by atoms with van der Waals surface area (Å²) in [5.41, 5.74) is 9.64. The molecule has 0 radical (unpaired) electrons. The van der Waals surface area contributed by atoms with Crippen molar-refractivity contribution in [3.63, 3.8) is 0 Å². The third-order valence-corrected chi connectivity index (χ3v) is 4.37. The van der Waals surface area contributed by atoms with E-state index in [4.69, 9.17) is 15.2 Å². The van der Waals surface area contributed by atoms with Crippen molar-refractivity contribution in [1.29, 1.82) is 5.26 Å². The zero-order valence-corrected chi connectivity index (χ0v) is 15.2. The van der Waals surface area contributed by atoms with E-state index in [0.29, 0.717) is 33.9 Å². The van der Waals surface area contributed by atoms with Crippen LogP contribution in [0.25, 0.3) is 22.4 Å². The van der Waals surface area contributed by atoms with E-state index < -0.39 is 0 Å². The number of nitrogen functional groups attached to an aromatic ring is 1. The number of anilines is 1. The Balaban J connectivity index is 2.37. The number of hydrogen-bond donors (Lipinski definition) is 1. The number of aromatic nitrogens is 1. The van der Waals surface area contributed by atoms with Crippen molar-refractivity contribution in [2.24, 2.45) is 0 Å². The lowest BCUT2D eigenvalue weighted by Gasteiger charge is -2.18. The van der Waals surface area contributed by atoms with Crippen LogP contribution in [-0.2, 0) is 0 Å². The highest BCUT2D eigenvalue weighted by molar-refractivity contribution is 5.87. The van der Waals surface area contributed by atoms with Gasteiger partial charge in [0.15, 0.2) is 11.5 Å². The van der Waals surface area contributed by atoms with E-state index in [-0.39, 0.29) is 17.2 Å². The van der Waals surface area contributed by atoms with Gasteiger partial charge in [-0.25, -0.2) is 9.37 Å². The Kier molecular flexibility index (Phi) is 4.95. The Morgan fingerprint density at radius 1 is 1.07 bits per heavy atom. The first-order valence-electron chi connectivity index (χ1n) is 8.19. The van der Waals surface area contributed by atoms with Crippen LogP contribution in [0.5, 0.6) is 11.5 Å². The van der Waals surface area contributed by atoms with Crippen LogP contribution >= 0.6 is 0 Å². The van der Waals surface area contributed by atoms with Crippen LogP contribution < -0.4 is 15.2 Å². The smallest absolute Gasteiger partial charge is 0.168 e. The quantitative estimate of drug-likeness (QED) is 0.746. The van der Waals surface area contributed by atoms with Crippen molar-refractivity contribution in [3.05, 3.63) is 59.4 Å². The summed E-state index contributed by atoms with van der Waals surface area (Å²) in [7, 11) is 3.08. The Bertz CT molecular complexity index is 1040. The molecule has 0 atom stereocenters. The monoisotopic (exact) mass is 363 g/mol. The molecule has 5 nitrogen and oxygen atoms in total. The lowest BCUT2D eigenvalue weighted by molar-refractivity contribution is 0.356. The van der Waals surface area contributed by atoms with Gasteiger partial charge in [-0.05, 0) is 42.8 Å². The topological polar surface area (TPSA) is 81.2 Å². The summed E-state index contributed by atoms with van der Waals surface area (Å²) in [6.45, 7) is 1.85. The minimum absolute atomic E-state index is 0.0993. The molecule has 3 aromatic rings. The largest absolute Gasteiger partial charge is 0.493 e. The van der Waals surface area contributed by atoms with Gasteiger partial charge in [0, 0.05) is 16.7 Å². The lowest BCUT2D eigenvalue weighted by atomic mass is 9.92. The van der Waals surface area contributed by atoms with Crippen molar-refractivity contribution in [2.45, 2.75) is 6.92 Å². The maximum absolute atomic E-state index is 13.3. The first-order valence-corrected chi connectivity index (χ1v) is 8.19. The van der Waals surface area contributed by atoms with Crippen LogP contribution in [-0.4, -0.2) is 19.2 Å². The van der Waals surface area contributed by atoms with Crippen LogP contribution in [0.1, 0.15) is 11.1 Å². The number of nitrogens with zero attached hydrogens (tertiary/aromatic N) is 2. The first kappa shape index (κ1) is 18.2. The summed E-state index contributed by atoms with van der Waals surface area (Å²) in [5, 5.41) is 9.68. The zero-order chi connectivity index (χ0) is 19.6. The average Bonchev–Trinajstić information content (AvgIpc) is 2.69. The predicted octanol–water partition coefficient (Wildman–Crippen LogP) is 4.33. The van der Waals surface area contributed by atoms with Gasteiger partial charge in [-0.1, -0.05) is 12.1 Å². The number of ether oxygens (including phenoxy) is 2. The normalized spacial score (nSPS) is 10.3. The molecule has 0 aliphatic heterocycles. The van der Waals surface area contributed by atoms with E-state index in [1.807, 2.05) is 19.1 Å². The standard InChI is InChI=1S/C21H18FN3O2/c1-12-18(15-5-4-6-17(26-2)20(15)27-3)16(11-23)21(24)25-19(12)13-7-9-14(22)10-8-13/h4-10H,1-3H3,(H2,24,25). The second kappa shape index (κ2) is 7.34. The van der Waals surface area contributed by atoms with Crippen molar-refractivity contribution in [2.75, 3.05) is 20.0 Å². The Morgan fingerprint density at radius 2 is 1.78 bits per heavy atom. The van der Waals surface area contributed by atoms with Gasteiger partial charge in [-0.2, -0.15) is 5.26 Å². The van der Waals surface area contributed by atoms with Gasteiger partial charge in [-0.3, -0.25) is 0 Å². The van der Waals surface area contributed by atoms with Gasteiger partial charge < -0.3 is 15.2 Å². The fourth-order valence-electron chi connectivity index (χ4n) is 3.12. The molecule has 136 valence electrons. The molecule has 0 aliphatic carbocycles. The van der Waals surface area contributed by atoms with Crippen LogP contribution in [0.15, 0.2) is 42.5 Å². The Labute approximate surface area is 156 Å². The van der Waals surface area contributed by atoms with Crippen LogP contribution in [0.4, 0.5) is 10.2 Å². The van der Waals surface area contributed by atoms with Gasteiger partial charge in [0.1, 0.15) is 23.3 Å². The lowest BCUT2D eigenvalue weighted by Crippen LogP contribution is -2.04. The van der Waals surface area contributed by atoms with Crippen LogP contribution in [0.3, 0.4) is 0 Å². The van der Waals surface area contributed by atoms with Gasteiger partial charge in [-0.15, -0.1) is 0 Å². The third-order valence-electron chi connectivity index (χ3n) is 4.37. The number of nitriles is 1. The summed E-state index contributed by atoms with van der Waals surface area (Å²) in [6, 6.07) is 13.5. The number of rotatable bonds is 4. The summed E-state index contributed by atoms with van der Waals surface area (Å²) >= 11 is 0. The number of nitrogens with two attached hydrogens (primary N) is 1. The number of benzene rings is 2. The molecule has 0 fully saturated rings. The molecular formula is C21H18FN3O2. The zero-order valence-electron chi connectivity index (χ0n) is 15.2. The number of halogens is 1. The molecule has 0 saturated carbocycles. The van der Waals surface area contributed by atoms with E-state index >= 15 is 0 Å². The van der Waals surface area contributed by atoms with E-state index in [9.17, 15) is 9.65 Å². The maximum Gasteiger partial charge on any atom is 0.168 e. The fourth-order valence-corrected chi connectivity index (χ4v) is 3.12. The summed E-state index contributed by atoms with van der Waals surface area (Å²) in [4.78, 5) is 4.39. The summed E-state index contributed by atoms with van der Waals surface area (Å²) < 4.78 is 24.2. The fraction of sp³-hybridized carbons (Fsp3) is 0.143. The van der Waals surface area contributed by atoms with Crippen LogP contribution in [0, 0.1) is 24.1 Å². The molecule has 2 N–H and O–H groups in total. The molecule has 6 heteroatoms. The molecule has 3 rings (SSSR count). The molecule has 1 aromatic heterocycles. The maximum atomic E-state index is 13.3. The molecule has 0 bridgehead atoms. The SMILES string of the molecule is COc1cccc(-c2c(C)c(-c3ccc(F)cc3)nc(N)c2C#N)c1OC. The van der Waals surface area contributed by atoms with Crippen molar-refractivity contribution >= 4 is 5.82 Å². The van der Waals surface area contributed by atoms with Gasteiger partial charge >= 0.3 is 0 Å². The summed E-state index contributed by atoms with van der Waals surface area (Å²) in [5.74, 6) is 0.794. The van der Waals surface area contributed by atoms with Crippen LogP contribution in [0.2, 0.25) is 0 Å². The van der Waals surface area contributed by atoms with E-state index in [1.165, 1.54) is 19.2 Å². The van der Waals surface area contributed by atoms with E-state index in [2.05, 4.69) is 11.1 Å². The van der Waals surface area contributed by atoms with E-state index in [0.717, 1.165) is 5.56 Å². The Hall–Kier alpha value is -3.59. The van der Waals surface area contributed by atoms with Crippen molar-refractivity contribution in [1.82, 2.24) is 4.98 Å². The number of pyridine rings is 1. The number of para-hydroxylation sites is 1. The minimum Gasteiger partial charge on any atom is -0.493 e. The second-order valence-corrected chi connectivity index (χ2v) is 5.88. The molecular weight excluding hydrogens is 345 g/mol. The van der Waals surface area contributed by atoms with Crippen molar-refractivity contribution in [3.8, 4) is 40.0 Å². The number of hydrogen-bond acceptors (Lipinski definition) is 5. The predicted molar refractivity (Wildman–Crippen MR) is 102 cm³/mol. The molecule has 0 aliphatic rings. The highest BCUT2D eigenvalue weighted by Crippen LogP contribution is 2.43. The third kappa shape index (κ3) is 3.15. The molecule has 0 saturated heterocycles. The highest BCUT2D eigenvalue weighted by Gasteiger charge is 2.22.